The van der Waals surface area contributed by atoms with Gasteiger partial charge in [0.2, 0.25) is 0 Å². The molecule has 0 aliphatic rings. The average Bonchev–Trinajstić information content (AvgIpc) is 2.59. The molecule has 2 aromatic carbocycles. The zero-order valence-electron chi connectivity index (χ0n) is 13.9. The molecule has 2 aromatic rings. The summed E-state index contributed by atoms with van der Waals surface area (Å²) in [5.74, 6) is -0.712. The van der Waals surface area contributed by atoms with Crippen LogP contribution in [0.25, 0.3) is 0 Å². The van der Waals surface area contributed by atoms with Gasteiger partial charge in [-0.1, -0.05) is 80.4 Å². The molecule has 0 aliphatic heterocycles. The van der Waals surface area contributed by atoms with Crippen LogP contribution in [0.2, 0.25) is 0 Å². The molecule has 0 bridgehead atoms. The van der Waals surface area contributed by atoms with Crippen LogP contribution < -0.4 is 0 Å². The van der Waals surface area contributed by atoms with Gasteiger partial charge in [0, 0.05) is 11.8 Å². The molecule has 2 rings (SSSR count). The summed E-state index contributed by atoms with van der Waals surface area (Å²) in [4.78, 5) is 11.0. The number of rotatable bonds is 9. The van der Waals surface area contributed by atoms with Crippen molar-refractivity contribution in [2.45, 2.75) is 50.9 Å². The standard InChI is InChI=1S/C21H26O2/c1-2-3-16-21(17-10-15-20(22)23,18-11-6-4-7-12-18)19-13-8-5-9-14-19/h4-9,11-14H,2-3,10,15-17H2,1H3,(H,22,23). The van der Waals surface area contributed by atoms with Crippen LogP contribution in [0, 0.1) is 0 Å². The molecule has 0 radical (unpaired) electrons. The molecule has 0 spiro atoms. The van der Waals surface area contributed by atoms with Crippen molar-refractivity contribution in [3.8, 4) is 0 Å². The minimum Gasteiger partial charge on any atom is -0.481 e. The van der Waals surface area contributed by atoms with Gasteiger partial charge in [-0.2, -0.15) is 0 Å². The maximum absolute atomic E-state index is 11.0. The smallest absolute Gasteiger partial charge is 0.303 e. The van der Waals surface area contributed by atoms with Crippen molar-refractivity contribution in [2.24, 2.45) is 0 Å². The van der Waals surface area contributed by atoms with Crippen LogP contribution in [0.5, 0.6) is 0 Å². The number of carboxylic acids is 1. The van der Waals surface area contributed by atoms with Gasteiger partial charge in [0.05, 0.1) is 0 Å². The van der Waals surface area contributed by atoms with Gasteiger partial charge in [-0.25, -0.2) is 0 Å². The molecule has 0 saturated carbocycles. The van der Waals surface area contributed by atoms with Gasteiger partial charge < -0.3 is 5.11 Å². The van der Waals surface area contributed by atoms with Gasteiger partial charge in [0.15, 0.2) is 0 Å². The molecule has 0 saturated heterocycles. The Hall–Kier alpha value is -2.09. The third-order valence-electron chi connectivity index (χ3n) is 4.60. The van der Waals surface area contributed by atoms with E-state index in [-0.39, 0.29) is 11.8 Å². The van der Waals surface area contributed by atoms with Crippen LogP contribution in [0.15, 0.2) is 60.7 Å². The van der Waals surface area contributed by atoms with E-state index in [1.165, 1.54) is 11.1 Å². The Balaban J connectivity index is 2.42. The fourth-order valence-corrected chi connectivity index (χ4v) is 3.40. The molecular weight excluding hydrogens is 284 g/mol. The number of carbonyl (C=O) groups is 1. The Labute approximate surface area is 139 Å². The summed E-state index contributed by atoms with van der Waals surface area (Å²) >= 11 is 0. The molecule has 2 heteroatoms. The molecule has 23 heavy (non-hydrogen) atoms. The van der Waals surface area contributed by atoms with Crippen LogP contribution in [0.3, 0.4) is 0 Å². The molecule has 0 amide bonds. The highest BCUT2D eigenvalue weighted by Crippen LogP contribution is 2.41. The van der Waals surface area contributed by atoms with E-state index in [2.05, 4.69) is 55.5 Å². The molecular formula is C21H26O2. The summed E-state index contributed by atoms with van der Waals surface area (Å²) in [6.45, 7) is 2.21. The second-order valence-electron chi connectivity index (χ2n) is 6.17. The van der Waals surface area contributed by atoms with Crippen LogP contribution in [0.4, 0.5) is 0 Å². The fraction of sp³-hybridized carbons (Fsp3) is 0.381. The Morgan fingerprint density at radius 3 is 1.78 bits per heavy atom. The van der Waals surface area contributed by atoms with Crippen LogP contribution in [0.1, 0.15) is 56.6 Å². The Morgan fingerprint density at radius 2 is 1.35 bits per heavy atom. The molecule has 0 unspecified atom stereocenters. The molecule has 0 heterocycles. The summed E-state index contributed by atoms with van der Waals surface area (Å²) in [7, 11) is 0. The van der Waals surface area contributed by atoms with Gasteiger partial charge in [0.25, 0.3) is 0 Å². The van der Waals surface area contributed by atoms with Crippen molar-refractivity contribution in [3.63, 3.8) is 0 Å². The van der Waals surface area contributed by atoms with Gasteiger partial charge in [0.1, 0.15) is 0 Å². The lowest BCUT2D eigenvalue weighted by atomic mass is 9.68. The largest absolute Gasteiger partial charge is 0.481 e. The fourth-order valence-electron chi connectivity index (χ4n) is 3.40. The second kappa shape index (κ2) is 8.52. The lowest BCUT2D eigenvalue weighted by Gasteiger charge is -2.35. The van der Waals surface area contributed by atoms with E-state index in [1.54, 1.807) is 0 Å². The van der Waals surface area contributed by atoms with Crippen LogP contribution in [-0.2, 0) is 10.2 Å². The van der Waals surface area contributed by atoms with Gasteiger partial charge >= 0.3 is 5.97 Å². The first kappa shape index (κ1) is 17.3. The molecule has 0 aliphatic carbocycles. The number of hydrogen-bond donors (Lipinski definition) is 1. The van der Waals surface area contributed by atoms with Crippen molar-refractivity contribution < 1.29 is 9.90 Å². The predicted octanol–water partition coefficient (Wildman–Crippen LogP) is 5.42. The van der Waals surface area contributed by atoms with E-state index in [1.807, 2.05) is 12.1 Å². The SMILES string of the molecule is CCCCC(CCCC(=O)O)(c1ccccc1)c1ccccc1. The molecule has 0 fully saturated rings. The average molecular weight is 310 g/mol. The minimum absolute atomic E-state index is 0.0893. The highest BCUT2D eigenvalue weighted by molar-refractivity contribution is 5.66. The summed E-state index contributed by atoms with van der Waals surface area (Å²) in [5, 5.41) is 9.03. The van der Waals surface area contributed by atoms with Gasteiger partial charge in [-0.05, 0) is 30.4 Å². The van der Waals surface area contributed by atoms with E-state index < -0.39 is 5.97 Å². The first-order chi connectivity index (χ1) is 11.2. The van der Waals surface area contributed by atoms with E-state index in [0.717, 1.165) is 25.7 Å². The van der Waals surface area contributed by atoms with Crippen molar-refractivity contribution in [1.29, 1.82) is 0 Å². The van der Waals surface area contributed by atoms with Crippen molar-refractivity contribution >= 4 is 5.97 Å². The minimum atomic E-state index is -0.712. The lowest BCUT2D eigenvalue weighted by molar-refractivity contribution is -0.137. The number of unbranched alkanes of at least 4 members (excludes halogenated alkanes) is 1. The summed E-state index contributed by atoms with van der Waals surface area (Å²) < 4.78 is 0. The number of aliphatic carboxylic acids is 1. The highest BCUT2D eigenvalue weighted by atomic mass is 16.4. The monoisotopic (exact) mass is 310 g/mol. The quantitative estimate of drug-likeness (QED) is 0.671. The Bertz CT molecular complexity index is 550. The first-order valence-corrected chi connectivity index (χ1v) is 8.52. The van der Waals surface area contributed by atoms with Crippen LogP contribution >= 0.6 is 0 Å². The maximum atomic E-state index is 11.0. The molecule has 122 valence electrons. The summed E-state index contributed by atoms with van der Waals surface area (Å²) in [6, 6.07) is 21.1. The summed E-state index contributed by atoms with van der Waals surface area (Å²) in [5.41, 5.74) is 2.50. The van der Waals surface area contributed by atoms with Crippen molar-refractivity contribution in [3.05, 3.63) is 71.8 Å². The zero-order valence-corrected chi connectivity index (χ0v) is 13.9. The summed E-state index contributed by atoms with van der Waals surface area (Å²) in [6.07, 6.45) is 5.12. The molecule has 1 N–H and O–H groups in total. The lowest BCUT2D eigenvalue weighted by Crippen LogP contribution is -2.28. The topological polar surface area (TPSA) is 37.3 Å². The second-order valence-corrected chi connectivity index (χ2v) is 6.17. The van der Waals surface area contributed by atoms with Crippen LogP contribution in [-0.4, -0.2) is 11.1 Å². The van der Waals surface area contributed by atoms with E-state index in [9.17, 15) is 4.79 Å². The Morgan fingerprint density at radius 1 is 0.870 bits per heavy atom. The third-order valence-corrected chi connectivity index (χ3v) is 4.60. The molecule has 0 aromatic heterocycles. The van der Waals surface area contributed by atoms with E-state index in [4.69, 9.17) is 5.11 Å². The zero-order chi connectivity index (χ0) is 16.5. The molecule has 0 atom stereocenters. The highest BCUT2D eigenvalue weighted by Gasteiger charge is 2.33. The van der Waals surface area contributed by atoms with Gasteiger partial charge in [-0.15, -0.1) is 0 Å². The number of hydrogen-bond acceptors (Lipinski definition) is 1. The number of benzene rings is 2. The normalized spacial score (nSPS) is 11.3. The third kappa shape index (κ3) is 4.44. The van der Waals surface area contributed by atoms with Gasteiger partial charge in [-0.3, -0.25) is 4.79 Å². The predicted molar refractivity (Wildman–Crippen MR) is 94.7 cm³/mol. The van der Waals surface area contributed by atoms with Crippen molar-refractivity contribution in [2.75, 3.05) is 0 Å². The maximum Gasteiger partial charge on any atom is 0.303 e. The number of carboxylic acid groups (broad SMARTS) is 1. The first-order valence-electron chi connectivity index (χ1n) is 8.52. The van der Waals surface area contributed by atoms with Crippen molar-refractivity contribution in [1.82, 2.24) is 0 Å². The van der Waals surface area contributed by atoms with E-state index >= 15 is 0 Å². The molecule has 2 nitrogen and oxygen atoms in total. The van der Waals surface area contributed by atoms with E-state index in [0.29, 0.717) is 6.42 Å². The Kier molecular flexibility index (Phi) is 6.40.